The predicted octanol–water partition coefficient (Wildman–Crippen LogP) is 15.9. The summed E-state index contributed by atoms with van der Waals surface area (Å²) in [6.07, 6.45) is 2.88. The molecule has 76 heavy (non-hydrogen) atoms. The fourth-order valence-corrected chi connectivity index (χ4v) is 11.8. The van der Waals surface area contributed by atoms with Crippen LogP contribution in [0.5, 0.6) is 46.0 Å². The molecule has 0 aliphatic heterocycles. The molecule has 0 radical (unpaired) electrons. The van der Waals surface area contributed by atoms with Crippen LogP contribution in [0, 0.1) is 55.4 Å². The first-order chi connectivity index (χ1) is 36.4. The Balaban J connectivity index is 1.46. The van der Waals surface area contributed by atoms with Crippen molar-refractivity contribution in [1.29, 1.82) is 0 Å². The van der Waals surface area contributed by atoms with Gasteiger partial charge in [0, 0.05) is 86.9 Å². The van der Waals surface area contributed by atoms with Crippen molar-refractivity contribution in [2.75, 3.05) is 28.4 Å². The van der Waals surface area contributed by atoms with E-state index in [4.69, 9.17) is 18.9 Å². The topological polar surface area (TPSA) is 118 Å². The third-order valence-corrected chi connectivity index (χ3v) is 15.5. The van der Waals surface area contributed by atoms with Crippen LogP contribution < -0.4 is 18.9 Å². The van der Waals surface area contributed by atoms with E-state index < -0.39 is 17.8 Å². The highest BCUT2D eigenvalue weighted by Gasteiger charge is 2.35. The number of benzene rings is 8. The number of phenols is 4. The van der Waals surface area contributed by atoms with E-state index in [2.05, 4.69) is 141 Å². The Bertz CT molecular complexity index is 3420. The Morgan fingerprint density at radius 3 is 1.00 bits per heavy atom. The molecule has 0 aliphatic carbocycles. The van der Waals surface area contributed by atoms with E-state index in [9.17, 15) is 20.4 Å². The Morgan fingerprint density at radius 2 is 0.645 bits per heavy atom. The van der Waals surface area contributed by atoms with E-state index in [0.29, 0.717) is 45.3 Å². The Hall–Kier alpha value is -7.84. The minimum absolute atomic E-state index is 0.00140. The summed E-state index contributed by atoms with van der Waals surface area (Å²) in [6.45, 7) is 18.9. The normalized spacial score (nSPS) is 13.0. The molecule has 0 fully saturated rings. The molecule has 8 nitrogen and oxygen atoms in total. The summed E-state index contributed by atoms with van der Waals surface area (Å²) in [7, 11) is 6.44. The summed E-state index contributed by atoms with van der Waals surface area (Å²) in [5.74, 6) is 0.0961. The van der Waals surface area contributed by atoms with Crippen LogP contribution in [0.2, 0.25) is 0 Å². The number of aromatic hydroxyl groups is 4. The Morgan fingerprint density at radius 1 is 0.329 bits per heavy atom. The zero-order chi connectivity index (χ0) is 54.7. The molecule has 0 aromatic heterocycles. The van der Waals surface area contributed by atoms with Crippen LogP contribution in [0.4, 0.5) is 0 Å². The molecule has 8 aromatic rings. The highest BCUT2D eigenvalue weighted by Crippen LogP contribution is 2.53. The van der Waals surface area contributed by atoms with Gasteiger partial charge < -0.3 is 39.4 Å². The van der Waals surface area contributed by atoms with E-state index in [1.54, 1.807) is 58.8 Å². The van der Waals surface area contributed by atoms with Gasteiger partial charge >= 0.3 is 0 Å². The quantitative estimate of drug-likeness (QED) is 0.0628. The van der Waals surface area contributed by atoms with Crippen molar-refractivity contribution in [2.45, 2.75) is 105 Å². The predicted molar refractivity (Wildman–Crippen MR) is 307 cm³/mol. The van der Waals surface area contributed by atoms with Gasteiger partial charge in [0.2, 0.25) is 0 Å². The van der Waals surface area contributed by atoms with Crippen molar-refractivity contribution in [1.82, 2.24) is 0 Å². The van der Waals surface area contributed by atoms with Crippen molar-refractivity contribution in [3.8, 4) is 46.0 Å². The second-order valence-electron chi connectivity index (χ2n) is 20.8. The second kappa shape index (κ2) is 23.0. The highest BCUT2D eigenvalue weighted by atomic mass is 16.5. The van der Waals surface area contributed by atoms with Crippen molar-refractivity contribution in [3.05, 3.63) is 233 Å². The van der Waals surface area contributed by atoms with Gasteiger partial charge in [-0.2, -0.15) is 0 Å². The molecule has 0 amide bonds. The third kappa shape index (κ3) is 10.8. The van der Waals surface area contributed by atoms with Crippen LogP contribution in [0.15, 0.2) is 127 Å². The number of rotatable bonds is 18. The molecular weight excluding hydrogens is 945 g/mol. The number of methoxy groups -OCH3 is 4. The van der Waals surface area contributed by atoms with Gasteiger partial charge in [0.15, 0.2) is 0 Å². The molecular formula is C68H74O8. The number of hydrogen-bond donors (Lipinski definition) is 4. The summed E-state index contributed by atoms with van der Waals surface area (Å²) in [6, 6.07) is 41.9. The molecule has 0 saturated heterocycles. The third-order valence-electron chi connectivity index (χ3n) is 15.5. The number of phenolic OH excluding ortho intramolecular Hbond substituents is 4. The Kier molecular flexibility index (Phi) is 16.4. The zero-order valence-corrected chi connectivity index (χ0v) is 46.5. The molecule has 8 heteroatoms. The monoisotopic (exact) mass is 1020 g/mol. The SMILES string of the molecule is CCCCC(c1ccc(C)cc1C)c1cc(C(c2ccc(C)cc2C)c2cc(C(c3ccc(C)cc3C)c3cc(C(c4ccc(C)cc4C)c4ccc(O)cc4OC)c(O)cc3OC)c(O)cc2OC)c(O)cc1OC. The largest absolute Gasteiger partial charge is 0.508 e. The van der Waals surface area contributed by atoms with Crippen molar-refractivity contribution in [2.24, 2.45) is 0 Å². The maximum Gasteiger partial charge on any atom is 0.126 e. The van der Waals surface area contributed by atoms with Gasteiger partial charge in [-0.15, -0.1) is 0 Å². The number of hydrogen-bond acceptors (Lipinski definition) is 8. The van der Waals surface area contributed by atoms with E-state index in [-0.39, 0.29) is 28.9 Å². The minimum Gasteiger partial charge on any atom is -0.508 e. The van der Waals surface area contributed by atoms with Gasteiger partial charge in [-0.25, -0.2) is 0 Å². The zero-order valence-electron chi connectivity index (χ0n) is 46.5. The molecule has 0 aliphatic rings. The van der Waals surface area contributed by atoms with Gasteiger partial charge in [0.25, 0.3) is 0 Å². The smallest absolute Gasteiger partial charge is 0.126 e. The molecule has 0 saturated carbocycles. The first-order valence-corrected chi connectivity index (χ1v) is 26.3. The van der Waals surface area contributed by atoms with Gasteiger partial charge in [0.1, 0.15) is 46.0 Å². The van der Waals surface area contributed by atoms with Crippen LogP contribution in [0.3, 0.4) is 0 Å². The van der Waals surface area contributed by atoms with Gasteiger partial charge in [-0.1, -0.05) is 121 Å². The molecule has 0 heterocycles. The fraction of sp³-hybridized carbons (Fsp3) is 0.294. The molecule has 4 unspecified atom stereocenters. The Labute approximate surface area is 450 Å². The molecule has 4 atom stereocenters. The number of unbranched alkanes of at least 4 members (excludes halogenated alkanes) is 1. The molecule has 8 aromatic carbocycles. The summed E-state index contributed by atoms with van der Waals surface area (Å²) >= 11 is 0. The molecule has 394 valence electrons. The van der Waals surface area contributed by atoms with Crippen LogP contribution in [-0.4, -0.2) is 48.9 Å². The standard InChI is InChI=1S/C68H74O8/c1-14-15-16-51(47-22-17-38(2)27-42(47)6)53-32-54(59(70)35-63(53)74-11)67(49-24-19-40(4)29-44(49)8)58-34-56(61(72)37-65(58)76-13)68(50-25-20-41(5)30-45(50)9)57-33-55(60(71)36-64(57)75-12)66(48-23-18-39(3)28-43(48)7)52-26-21-46(69)31-62(52)73-10/h17-37,51,66-72H,14-16H2,1-13H3. The van der Waals surface area contributed by atoms with E-state index in [1.807, 2.05) is 18.2 Å². The van der Waals surface area contributed by atoms with Gasteiger partial charge in [-0.3, -0.25) is 0 Å². The van der Waals surface area contributed by atoms with Crippen molar-refractivity contribution < 1.29 is 39.4 Å². The van der Waals surface area contributed by atoms with Crippen molar-refractivity contribution >= 4 is 0 Å². The second-order valence-corrected chi connectivity index (χ2v) is 20.8. The first-order valence-electron chi connectivity index (χ1n) is 26.3. The number of aryl methyl sites for hydroxylation is 8. The van der Waals surface area contributed by atoms with Crippen LogP contribution in [-0.2, 0) is 0 Å². The van der Waals surface area contributed by atoms with Gasteiger partial charge in [0.05, 0.1) is 28.4 Å². The maximum absolute atomic E-state index is 12.7. The highest BCUT2D eigenvalue weighted by molar-refractivity contribution is 5.66. The lowest BCUT2D eigenvalue weighted by molar-refractivity contribution is 0.394. The fourth-order valence-electron chi connectivity index (χ4n) is 11.8. The molecule has 0 spiro atoms. The average Bonchev–Trinajstić information content (AvgIpc) is 3.41. The van der Waals surface area contributed by atoms with Crippen LogP contribution in [0.25, 0.3) is 0 Å². The van der Waals surface area contributed by atoms with E-state index in [0.717, 1.165) is 86.0 Å². The van der Waals surface area contributed by atoms with Crippen LogP contribution in [0.1, 0.15) is 156 Å². The lowest BCUT2D eigenvalue weighted by Gasteiger charge is -2.30. The van der Waals surface area contributed by atoms with E-state index >= 15 is 0 Å². The van der Waals surface area contributed by atoms with E-state index in [1.165, 1.54) is 16.7 Å². The summed E-state index contributed by atoms with van der Waals surface area (Å²) in [4.78, 5) is 0. The minimum atomic E-state index is -0.691. The molecule has 0 bridgehead atoms. The van der Waals surface area contributed by atoms with Crippen molar-refractivity contribution in [3.63, 3.8) is 0 Å². The average molecular weight is 1020 g/mol. The first kappa shape index (κ1) is 54.4. The summed E-state index contributed by atoms with van der Waals surface area (Å²) < 4.78 is 24.7. The summed E-state index contributed by atoms with van der Waals surface area (Å²) in [5, 5.41) is 48.3. The molecule has 4 N–H and O–H groups in total. The summed E-state index contributed by atoms with van der Waals surface area (Å²) in [5.41, 5.74) is 17.6. The maximum atomic E-state index is 12.7. The number of ether oxygens (including phenoxy) is 4. The molecule has 8 rings (SSSR count). The lowest BCUT2D eigenvalue weighted by Crippen LogP contribution is -2.14. The lowest BCUT2D eigenvalue weighted by atomic mass is 9.75. The van der Waals surface area contributed by atoms with Crippen LogP contribution >= 0.6 is 0 Å². The van der Waals surface area contributed by atoms with Gasteiger partial charge in [-0.05, 0) is 131 Å².